The van der Waals surface area contributed by atoms with Gasteiger partial charge in [-0.05, 0) is 49.3 Å². The molecule has 1 N–H and O–H groups in total. The highest BCUT2D eigenvalue weighted by Crippen LogP contribution is 2.41. The summed E-state index contributed by atoms with van der Waals surface area (Å²) >= 11 is 5.92. The molecule has 1 aromatic rings. The molecule has 0 aromatic heterocycles. The standard InChI is InChI=1S/C17H19ClFN3O/c1-10-5-13-9-14(6-10)22(13)17(23)21-12-7-11(3-2-4-20)16(18)15(19)8-12/h7-8,10,13-14H,2-3,5-6,9H2,1H3,(H,21,23). The van der Waals surface area contributed by atoms with Gasteiger partial charge in [0.2, 0.25) is 0 Å². The number of nitrogens with one attached hydrogen (secondary N) is 1. The summed E-state index contributed by atoms with van der Waals surface area (Å²) < 4.78 is 13.9. The Morgan fingerprint density at radius 1 is 1.43 bits per heavy atom. The Morgan fingerprint density at radius 3 is 2.78 bits per heavy atom. The summed E-state index contributed by atoms with van der Waals surface area (Å²) in [6.07, 6.45) is 3.76. The molecule has 2 amide bonds. The van der Waals surface area contributed by atoms with Crippen LogP contribution in [-0.4, -0.2) is 23.0 Å². The van der Waals surface area contributed by atoms with Crippen LogP contribution >= 0.6 is 11.6 Å². The molecule has 1 aromatic carbocycles. The van der Waals surface area contributed by atoms with Gasteiger partial charge in [0.25, 0.3) is 0 Å². The van der Waals surface area contributed by atoms with Crippen molar-refractivity contribution in [3.8, 4) is 6.07 Å². The number of aryl methyl sites for hydroxylation is 1. The molecular formula is C17H19ClFN3O. The van der Waals surface area contributed by atoms with Gasteiger partial charge in [0.05, 0.1) is 11.1 Å². The predicted molar refractivity (Wildman–Crippen MR) is 86.8 cm³/mol. The van der Waals surface area contributed by atoms with Crippen molar-refractivity contribution in [1.82, 2.24) is 4.90 Å². The highest BCUT2D eigenvalue weighted by Gasteiger charge is 2.46. The third-order valence-electron chi connectivity index (χ3n) is 4.78. The number of hydrogen-bond acceptors (Lipinski definition) is 2. The van der Waals surface area contributed by atoms with E-state index in [0.717, 1.165) is 19.3 Å². The maximum atomic E-state index is 13.9. The molecule has 6 heteroatoms. The summed E-state index contributed by atoms with van der Waals surface area (Å²) in [7, 11) is 0. The van der Waals surface area contributed by atoms with Crippen LogP contribution in [0.3, 0.4) is 0 Å². The first-order valence-electron chi connectivity index (χ1n) is 7.93. The minimum atomic E-state index is -0.574. The molecule has 1 aliphatic carbocycles. The number of nitriles is 1. The van der Waals surface area contributed by atoms with Crippen molar-refractivity contribution in [3.05, 3.63) is 28.5 Å². The lowest BCUT2D eigenvalue weighted by atomic mass is 9.74. The normalized spacial score (nSPS) is 25.5. The van der Waals surface area contributed by atoms with Crippen LogP contribution in [0.4, 0.5) is 14.9 Å². The Morgan fingerprint density at radius 2 is 2.13 bits per heavy atom. The van der Waals surface area contributed by atoms with Crippen LogP contribution in [0.25, 0.3) is 0 Å². The molecule has 3 fully saturated rings. The molecule has 4 rings (SSSR count). The van der Waals surface area contributed by atoms with E-state index in [1.807, 2.05) is 11.0 Å². The smallest absolute Gasteiger partial charge is 0.318 e. The third-order valence-corrected chi connectivity index (χ3v) is 5.20. The fourth-order valence-corrected chi connectivity index (χ4v) is 3.96. The zero-order valence-corrected chi connectivity index (χ0v) is 13.7. The number of carbonyl (C=O) groups is 1. The summed E-state index contributed by atoms with van der Waals surface area (Å²) in [6, 6.07) is 5.33. The molecule has 2 saturated heterocycles. The number of benzene rings is 1. The molecule has 122 valence electrons. The van der Waals surface area contributed by atoms with E-state index in [1.54, 1.807) is 6.07 Å². The molecule has 2 bridgehead atoms. The molecule has 2 unspecified atom stereocenters. The SMILES string of the molecule is CC1CC2CC(C1)N2C(=O)Nc1cc(F)c(Cl)c(CCC#N)c1. The van der Waals surface area contributed by atoms with Gasteiger partial charge in [-0.15, -0.1) is 0 Å². The Hall–Kier alpha value is -1.80. The number of urea groups is 1. The number of rotatable bonds is 3. The Bertz CT molecular complexity index is 661. The zero-order valence-electron chi connectivity index (χ0n) is 13.0. The van der Waals surface area contributed by atoms with Crippen LogP contribution in [-0.2, 0) is 6.42 Å². The summed E-state index contributed by atoms with van der Waals surface area (Å²) in [5, 5.41) is 11.5. The van der Waals surface area contributed by atoms with Crippen LogP contribution in [0.5, 0.6) is 0 Å². The van der Waals surface area contributed by atoms with Crippen molar-refractivity contribution in [2.45, 2.75) is 51.1 Å². The molecule has 2 heterocycles. The van der Waals surface area contributed by atoms with Crippen molar-refractivity contribution in [2.24, 2.45) is 5.92 Å². The predicted octanol–water partition coefficient (Wildman–Crippen LogP) is 4.34. The second kappa shape index (κ2) is 6.37. The number of halogens is 2. The van der Waals surface area contributed by atoms with Gasteiger partial charge in [-0.3, -0.25) is 0 Å². The van der Waals surface area contributed by atoms with Crippen molar-refractivity contribution in [3.63, 3.8) is 0 Å². The number of anilines is 1. The lowest BCUT2D eigenvalue weighted by Gasteiger charge is -2.54. The molecule has 0 radical (unpaired) electrons. The number of carbonyl (C=O) groups excluding carboxylic acids is 1. The summed E-state index contributed by atoms with van der Waals surface area (Å²) in [5.41, 5.74) is 0.934. The maximum Gasteiger partial charge on any atom is 0.322 e. The van der Waals surface area contributed by atoms with Gasteiger partial charge in [0.1, 0.15) is 5.82 Å². The molecule has 2 aliphatic heterocycles. The van der Waals surface area contributed by atoms with Gasteiger partial charge in [-0.25, -0.2) is 9.18 Å². The largest absolute Gasteiger partial charge is 0.322 e. The van der Waals surface area contributed by atoms with Crippen LogP contribution in [0, 0.1) is 23.1 Å². The quantitative estimate of drug-likeness (QED) is 0.893. The van der Waals surface area contributed by atoms with Crippen molar-refractivity contribution >= 4 is 23.3 Å². The average Bonchev–Trinajstić information content (AvgIpc) is 2.48. The van der Waals surface area contributed by atoms with E-state index < -0.39 is 5.82 Å². The third kappa shape index (κ3) is 3.13. The second-order valence-corrected chi connectivity index (χ2v) is 6.92. The zero-order chi connectivity index (χ0) is 16.6. The van der Waals surface area contributed by atoms with Gasteiger partial charge < -0.3 is 10.2 Å². The van der Waals surface area contributed by atoms with E-state index in [1.165, 1.54) is 6.07 Å². The molecular weight excluding hydrogens is 317 g/mol. The first kappa shape index (κ1) is 16.1. The van der Waals surface area contributed by atoms with Crippen LogP contribution < -0.4 is 5.32 Å². The minimum absolute atomic E-state index is 0.0212. The average molecular weight is 336 g/mol. The molecule has 0 spiro atoms. The number of nitrogens with zero attached hydrogens (tertiary/aromatic N) is 2. The second-order valence-electron chi connectivity index (χ2n) is 6.55. The fourth-order valence-electron chi connectivity index (χ4n) is 3.76. The van der Waals surface area contributed by atoms with E-state index in [-0.39, 0.29) is 17.5 Å². The van der Waals surface area contributed by atoms with E-state index in [9.17, 15) is 9.18 Å². The topological polar surface area (TPSA) is 56.1 Å². The lowest BCUT2D eigenvalue weighted by Crippen LogP contribution is -2.63. The monoisotopic (exact) mass is 335 g/mol. The molecule has 23 heavy (non-hydrogen) atoms. The Kier molecular flexibility index (Phi) is 4.45. The lowest BCUT2D eigenvalue weighted by molar-refractivity contribution is -0.00601. The molecule has 4 nitrogen and oxygen atoms in total. The number of amides is 2. The van der Waals surface area contributed by atoms with Gasteiger partial charge in [0, 0.05) is 24.2 Å². The summed E-state index contributed by atoms with van der Waals surface area (Å²) in [4.78, 5) is 14.3. The van der Waals surface area contributed by atoms with Crippen molar-refractivity contribution < 1.29 is 9.18 Å². The highest BCUT2D eigenvalue weighted by atomic mass is 35.5. The van der Waals surface area contributed by atoms with Crippen molar-refractivity contribution in [2.75, 3.05) is 5.32 Å². The maximum absolute atomic E-state index is 13.9. The Labute approximate surface area is 140 Å². The van der Waals surface area contributed by atoms with Gasteiger partial charge >= 0.3 is 6.03 Å². The first-order chi connectivity index (χ1) is 11.0. The van der Waals surface area contributed by atoms with Crippen LogP contribution in [0.15, 0.2) is 12.1 Å². The molecule has 2 atom stereocenters. The van der Waals surface area contributed by atoms with E-state index in [4.69, 9.17) is 16.9 Å². The molecule has 1 saturated carbocycles. The molecule has 3 aliphatic rings. The fraction of sp³-hybridized carbons (Fsp3) is 0.529. The number of piperidine rings is 1. The van der Waals surface area contributed by atoms with E-state index >= 15 is 0 Å². The van der Waals surface area contributed by atoms with E-state index in [0.29, 0.717) is 35.7 Å². The summed E-state index contributed by atoms with van der Waals surface area (Å²) in [6.45, 7) is 2.21. The van der Waals surface area contributed by atoms with E-state index in [2.05, 4.69) is 12.2 Å². The summed E-state index contributed by atoms with van der Waals surface area (Å²) in [5.74, 6) is 0.0863. The highest BCUT2D eigenvalue weighted by molar-refractivity contribution is 6.31. The van der Waals surface area contributed by atoms with Gasteiger partial charge in [-0.2, -0.15) is 5.26 Å². The van der Waals surface area contributed by atoms with Crippen molar-refractivity contribution in [1.29, 1.82) is 5.26 Å². The number of fused-ring (bicyclic) bond motifs is 2. The Balaban J connectivity index is 1.72. The first-order valence-corrected chi connectivity index (χ1v) is 8.31. The van der Waals surface area contributed by atoms with Gasteiger partial charge in [0.15, 0.2) is 0 Å². The van der Waals surface area contributed by atoms with Gasteiger partial charge in [-0.1, -0.05) is 18.5 Å². The minimum Gasteiger partial charge on any atom is -0.318 e. The number of hydrogen-bond donors (Lipinski definition) is 1. The van der Waals surface area contributed by atoms with Crippen LogP contribution in [0.2, 0.25) is 5.02 Å². The van der Waals surface area contributed by atoms with Crippen LogP contribution in [0.1, 0.15) is 38.2 Å².